The first-order chi connectivity index (χ1) is 29.9. The number of fused-ring (bicyclic) bond motifs is 14. The molecule has 298 valence electrons. The second-order valence-electron chi connectivity index (χ2n) is 19.4. The summed E-state index contributed by atoms with van der Waals surface area (Å²) in [6, 6.07) is 51.7. The van der Waals surface area contributed by atoms with Crippen LogP contribution in [0.3, 0.4) is 0 Å². The number of hydrogen-bond acceptors (Lipinski definition) is 4. The first-order valence-electron chi connectivity index (χ1n) is 21.7. The number of furan rings is 2. The fourth-order valence-corrected chi connectivity index (χ4v) is 11.4. The van der Waals surface area contributed by atoms with E-state index in [0.717, 1.165) is 68.1 Å². The lowest BCUT2D eigenvalue weighted by molar-refractivity contribution is 0.590. The number of thiophene rings is 1. The highest BCUT2D eigenvalue weighted by Crippen LogP contribution is 2.45. The Morgan fingerprint density at radius 2 is 1.19 bits per heavy atom. The summed E-state index contributed by atoms with van der Waals surface area (Å²) in [5, 5.41) is 13.6. The molecule has 0 fully saturated rings. The monoisotopic (exact) mass is 818 g/mol. The molecule has 4 nitrogen and oxygen atoms in total. The van der Waals surface area contributed by atoms with Crippen LogP contribution >= 0.6 is 11.3 Å². The molecule has 0 radical (unpaired) electrons. The van der Waals surface area contributed by atoms with E-state index in [2.05, 4.69) is 191 Å². The van der Waals surface area contributed by atoms with E-state index in [0.29, 0.717) is 0 Å². The van der Waals surface area contributed by atoms with E-state index in [4.69, 9.17) is 8.83 Å². The molecule has 5 heterocycles. The fourth-order valence-electron chi connectivity index (χ4n) is 10.2. The Balaban J connectivity index is 1.10. The number of hydrogen-bond donors (Lipinski definition) is 1. The van der Waals surface area contributed by atoms with Crippen LogP contribution in [0.25, 0.3) is 103 Å². The first-order valence-corrected chi connectivity index (χ1v) is 22.5. The predicted molar refractivity (Wildman–Crippen MR) is 267 cm³/mol. The third-order valence-electron chi connectivity index (χ3n) is 13.5. The van der Waals surface area contributed by atoms with Crippen LogP contribution in [0.5, 0.6) is 0 Å². The Kier molecular flexibility index (Phi) is 7.21. The van der Waals surface area contributed by atoms with Crippen molar-refractivity contribution in [1.29, 1.82) is 0 Å². The van der Waals surface area contributed by atoms with Gasteiger partial charge in [-0.1, -0.05) is 120 Å². The molecule has 4 aromatic heterocycles. The van der Waals surface area contributed by atoms with Crippen molar-refractivity contribution in [2.45, 2.75) is 52.4 Å². The van der Waals surface area contributed by atoms with Crippen LogP contribution in [0, 0.1) is 0 Å². The van der Waals surface area contributed by atoms with E-state index in [-0.39, 0.29) is 10.8 Å². The van der Waals surface area contributed by atoms with Crippen molar-refractivity contribution < 1.29 is 8.83 Å². The second-order valence-corrected chi connectivity index (χ2v) is 20.5. The van der Waals surface area contributed by atoms with E-state index >= 15 is 0 Å². The molecule has 1 N–H and O–H groups in total. The third kappa shape index (κ3) is 5.20. The quantitative estimate of drug-likeness (QED) is 0.181. The highest BCUT2D eigenvalue weighted by Gasteiger charge is 2.29. The lowest BCUT2D eigenvalue weighted by atomic mass is 9.59. The van der Waals surface area contributed by atoms with Crippen molar-refractivity contribution in [2.24, 2.45) is 0 Å². The van der Waals surface area contributed by atoms with Crippen LogP contribution in [-0.2, 0) is 10.8 Å². The minimum Gasteiger partial charge on any atom is -0.456 e. The van der Waals surface area contributed by atoms with Crippen LogP contribution < -0.4 is 16.2 Å². The Morgan fingerprint density at radius 1 is 0.500 bits per heavy atom. The highest BCUT2D eigenvalue weighted by molar-refractivity contribution is 7.25. The average Bonchev–Trinajstić information content (AvgIpc) is 4.00. The minimum atomic E-state index is 0.0109. The van der Waals surface area contributed by atoms with Gasteiger partial charge in [0.1, 0.15) is 22.3 Å². The second kappa shape index (κ2) is 12.4. The fraction of sp³-hybridized carbons (Fsp3) is 0.143. The standard InChI is InChI=1S/C56H43BN2O2S/c1-55(2,3)30-15-18-32(19-16-30)58-44-26-41-39-23-31(56(4,5)6)17-22-48(39)61-49(41)27-37(44)35-20-21-36-38-24-42-34-12-8-10-14-51(34)62-52(42)29-45(38)59-46-28-50-40(25-43(46)57-53(35)54(36)59)33-11-7-9-13-47(33)60-50/h7-29,57-58H,1-6H3. The number of nitrogens with zero attached hydrogens (tertiary/aromatic N) is 1. The maximum absolute atomic E-state index is 6.75. The largest absolute Gasteiger partial charge is 0.456 e. The van der Waals surface area contributed by atoms with Crippen molar-refractivity contribution in [3.63, 3.8) is 0 Å². The van der Waals surface area contributed by atoms with Gasteiger partial charge < -0.3 is 18.7 Å². The zero-order valence-electron chi connectivity index (χ0n) is 35.7. The molecule has 13 rings (SSSR count). The zero-order chi connectivity index (χ0) is 41.8. The van der Waals surface area contributed by atoms with Crippen LogP contribution in [-0.4, -0.2) is 11.8 Å². The summed E-state index contributed by atoms with van der Waals surface area (Å²) in [7, 11) is 0.776. The van der Waals surface area contributed by atoms with Crippen molar-refractivity contribution in [3.05, 3.63) is 151 Å². The maximum atomic E-state index is 6.75. The van der Waals surface area contributed by atoms with Gasteiger partial charge in [-0.25, -0.2) is 0 Å². The number of aromatic nitrogens is 1. The predicted octanol–water partition coefficient (Wildman–Crippen LogP) is 14.7. The number of nitrogens with one attached hydrogen (secondary N) is 1. The molecule has 12 aromatic rings. The van der Waals surface area contributed by atoms with E-state index in [1.165, 1.54) is 75.3 Å². The number of benzene rings is 8. The van der Waals surface area contributed by atoms with Crippen LogP contribution in [0.1, 0.15) is 52.7 Å². The summed E-state index contributed by atoms with van der Waals surface area (Å²) in [5.74, 6) is 0. The molecule has 62 heavy (non-hydrogen) atoms. The summed E-state index contributed by atoms with van der Waals surface area (Å²) < 4.78 is 18.4. The van der Waals surface area contributed by atoms with Gasteiger partial charge in [0.15, 0.2) is 7.28 Å². The number of rotatable bonds is 3. The highest BCUT2D eigenvalue weighted by atomic mass is 32.1. The summed E-state index contributed by atoms with van der Waals surface area (Å²) in [5.41, 5.74) is 17.0. The first kappa shape index (κ1) is 35.9. The van der Waals surface area contributed by atoms with Crippen LogP contribution in [0.15, 0.2) is 148 Å². The minimum absolute atomic E-state index is 0.0109. The molecule has 1 aliphatic heterocycles. The molecule has 0 saturated heterocycles. The molecule has 0 bridgehead atoms. The van der Waals surface area contributed by atoms with Gasteiger partial charge in [-0.15, -0.1) is 11.3 Å². The lowest BCUT2D eigenvalue weighted by Gasteiger charge is -2.24. The van der Waals surface area contributed by atoms with E-state index in [1.807, 2.05) is 11.3 Å². The van der Waals surface area contributed by atoms with Gasteiger partial charge in [0.2, 0.25) is 0 Å². The Labute approximate surface area is 363 Å². The zero-order valence-corrected chi connectivity index (χ0v) is 36.5. The molecular formula is C56H43BN2O2S. The molecule has 0 saturated carbocycles. The Morgan fingerprint density at radius 3 is 2.00 bits per heavy atom. The summed E-state index contributed by atoms with van der Waals surface area (Å²) in [6.07, 6.45) is 0. The molecule has 1 aliphatic rings. The topological polar surface area (TPSA) is 43.2 Å². The van der Waals surface area contributed by atoms with Crippen molar-refractivity contribution in [1.82, 2.24) is 4.57 Å². The Bertz CT molecular complexity index is 3880. The van der Waals surface area contributed by atoms with Gasteiger partial charge in [0.25, 0.3) is 0 Å². The van der Waals surface area contributed by atoms with Gasteiger partial charge in [-0.05, 0) is 93.6 Å². The molecule has 6 heteroatoms. The maximum Gasteiger partial charge on any atom is 0.198 e. The molecular weight excluding hydrogens is 776 g/mol. The van der Waals surface area contributed by atoms with E-state index < -0.39 is 0 Å². The average molecular weight is 819 g/mol. The Hall–Kier alpha value is -6.76. The van der Waals surface area contributed by atoms with Gasteiger partial charge in [-0.3, -0.25) is 0 Å². The normalized spacial score (nSPS) is 13.1. The van der Waals surface area contributed by atoms with Crippen molar-refractivity contribution in [3.8, 4) is 16.8 Å². The van der Waals surface area contributed by atoms with Crippen molar-refractivity contribution >= 4 is 127 Å². The smallest absolute Gasteiger partial charge is 0.198 e. The van der Waals surface area contributed by atoms with Gasteiger partial charge >= 0.3 is 0 Å². The van der Waals surface area contributed by atoms with Gasteiger partial charge in [0.05, 0.1) is 5.52 Å². The number of para-hydroxylation sites is 1. The summed E-state index contributed by atoms with van der Waals surface area (Å²) in [4.78, 5) is 0. The van der Waals surface area contributed by atoms with Crippen molar-refractivity contribution in [2.75, 3.05) is 5.32 Å². The number of anilines is 2. The molecule has 8 aromatic carbocycles. The molecule has 0 unspecified atom stereocenters. The molecule has 0 amide bonds. The molecule has 0 aliphatic carbocycles. The molecule has 0 spiro atoms. The van der Waals surface area contributed by atoms with Gasteiger partial charge in [0, 0.05) is 86.7 Å². The lowest BCUT2D eigenvalue weighted by Crippen LogP contribution is -2.37. The van der Waals surface area contributed by atoms with E-state index in [9.17, 15) is 0 Å². The van der Waals surface area contributed by atoms with E-state index in [1.54, 1.807) is 0 Å². The molecule has 0 atom stereocenters. The van der Waals surface area contributed by atoms with Crippen LogP contribution in [0.4, 0.5) is 11.4 Å². The summed E-state index contributed by atoms with van der Waals surface area (Å²) >= 11 is 1.87. The summed E-state index contributed by atoms with van der Waals surface area (Å²) in [6.45, 7) is 13.6. The third-order valence-corrected chi connectivity index (χ3v) is 14.6. The van der Waals surface area contributed by atoms with Crippen LogP contribution in [0.2, 0.25) is 0 Å². The SMILES string of the molecule is CC(C)(C)c1ccc(Nc2cc3c(cc2-c2ccc4c5cc6c(cc5n5c4c2Bc2cc4c(cc2-5)oc2ccccc24)sc2ccccc26)oc2ccc(C(C)(C)C)cc23)cc1. The van der Waals surface area contributed by atoms with Gasteiger partial charge in [-0.2, -0.15) is 0 Å².